The Bertz CT molecular complexity index is 775. The third-order valence-electron chi connectivity index (χ3n) is 3.45. The molecular formula is C18H12N4. The van der Waals surface area contributed by atoms with Gasteiger partial charge in [0, 0.05) is 5.56 Å². The van der Waals surface area contributed by atoms with Gasteiger partial charge in [-0.05, 0) is 35.4 Å². The maximum atomic E-state index is 8.93. The Hall–Kier alpha value is -3.37. The molecule has 0 aliphatic heterocycles. The van der Waals surface area contributed by atoms with Gasteiger partial charge in [0.25, 0.3) is 0 Å². The van der Waals surface area contributed by atoms with E-state index in [1.165, 1.54) is 6.33 Å². The quantitative estimate of drug-likeness (QED) is 0.695. The Kier molecular flexibility index (Phi) is 3.68. The molecule has 0 aliphatic rings. The summed E-state index contributed by atoms with van der Waals surface area (Å²) in [5.74, 6) is 2.61. The molecule has 1 heterocycles. The molecule has 1 atom stereocenters. The van der Waals surface area contributed by atoms with Gasteiger partial charge >= 0.3 is 0 Å². The maximum absolute atomic E-state index is 8.93. The summed E-state index contributed by atoms with van der Waals surface area (Å²) in [6.45, 7) is 0. The molecule has 104 valence electrons. The van der Waals surface area contributed by atoms with Crippen molar-refractivity contribution in [3.8, 4) is 18.4 Å². The van der Waals surface area contributed by atoms with Crippen LogP contribution in [0.3, 0.4) is 0 Å². The molecule has 0 amide bonds. The van der Waals surface area contributed by atoms with Gasteiger partial charge in [0.1, 0.15) is 18.7 Å². The molecule has 4 nitrogen and oxygen atoms in total. The number of aromatic nitrogens is 3. The Balaban J connectivity index is 2.07. The van der Waals surface area contributed by atoms with Gasteiger partial charge in [0.15, 0.2) is 0 Å². The lowest BCUT2D eigenvalue weighted by atomic mass is 9.97. The van der Waals surface area contributed by atoms with Crippen molar-refractivity contribution in [3.05, 3.63) is 83.4 Å². The van der Waals surface area contributed by atoms with Crippen LogP contribution in [0.15, 0.2) is 61.2 Å². The lowest BCUT2D eigenvalue weighted by molar-refractivity contribution is 0.594. The first kappa shape index (κ1) is 13.6. The Morgan fingerprint density at radius 1 is 0.955 bits per heavy atom. The molecule has 4 heteroatoms. The van der Waals surface area contributed by atoms with Crippen LogP contribution in [0.1, 0.15) is 28.3 Å². The lowest BCUT2D eigenvalue weighted by Crippen LogP contribution is -2.13. The van der Waals surface area contributed by atoms with E-state index in [1.807, 2.05) is 36.4 Å². The van der Waals surface area contributed by atoms with Gasteiger partial charge in [-0.1, -0.05) is 30.2 Å². The van der Waals surface area contributed by atoms with E-state index >= 15 is 0 Å². The fourth-order valence-corrected chi connectivity index (χ4v) is 2.35. The number of nitrogens with zero attached hydrogens (tertiary/aromatic N) is 4. The fourth-order valence-electron chi connectivity index (χ4n) is 2.35. The highest BCUT2D eigenvalue weighted by Gasteiger charge is 2.17. The van der Waals surface area contributed by atoms with Crippen LogP contribution in [0.5, 0.6) is 0 Å². The largest absolute Gasteiger partial charge is 0.241 e. The number of hydrogen-bond donors (Lipinski definition) is 0. The molecule has 1 unspecified atom stereocenters. The van der Waals surface area contributed by atoms with Crippen molar-refractivity contribution in [1.82, 2.24) is 14.8 Å². The minimum Gasteiger partial charge on any atom is -0.241 e. The zero-order chi connectivity index (χ0) is 15.4. The minimum atomic E-state index is -0.109. The van der Waals surface area contributed by atoms with Crippen molar-refractivity contribution in [2.24, 2.45) is 0 Å². The Morgan fingerprint density at radius 3 is 2.00 bits per heavy atom. The summed E-state index contributed by atoms with van der Waals surface area (Å²) in [5.41, 5.74) is 3.54. The summed E-state index contributed by atoms with van der Waals surface area (Å²) in [5, 5.41) is 13.2. The molecule has 0 fully saturated rings. The first-order chi connectivity index (χ1) is 10.8. The summed E-state index contributed by atoms with van der Waals surface area (Å²) >= 11 is 0. The third-order valence-corrected chi connectivity index (χ3v) is 3.45. The average molecular weight is 284 g/mol. The predicted molar refractivity (Wildman–Crippen MR) is 82.8 cm³/mol. The number of terminal acetylenes is 1. The molecule has 0 aliphatic carbocycles. The van der Waals surface area contributed by atoms with Crippen LogP contribution >= 0.6 is 0 Å². The van der Waals surface area contributed by atoms with Crippen LogP contribution in [0, 0.1) is 23.7 Å². The van der Waals surface area contributed by atoms with E-state index in [0.717, 1.165) is 16.7 Å². The zero-order valence-corrected chi connectivity index (χ0v) is 11.7. The molecule has 0 spiro atoms. The van der Waals surface area contributed by atoms with Crippen molar-refractivity contribution < 1.29 is 0 Å². The van der Waals surface area contributed by atoms with Crippen LogP contribution in [0.25, 0.3) is 0 Å². The van der Waals surface area contributed by atoms with Gasteiger partial charge < -0.3 is 0 Å². The van der Waals surface area contributed by atoms with Crippen molar-refractivity contribution in [1.29, 1.82) is 5.26 Å². The second-order valence-electron chi connectivity index (χ2n) is 4.78. The van der Waals surface area contributed by atoms with E-state index < -0.39 is 0 Å². The molecule has 0 bridgehead atoms. The van der Waals surface area contributed by atoms with E-state index in [1.54, 1.807) is 23.1 Å². The van der Waals surface area contributed by atoms with Gasteiger partial charge in [-0.15, -0.1) is 6.42 Å². The van der Waals surface area contributed by atoms with E-state index in [9.17, 15) is 0 Å². The Labute approximate surface area is 128 Å². The predicted octanol–water partition coefficient (Wildman–Crippen LogP) is 2.77. The van der Waals surface area contributed by atoms with Crippen molar-refractivity contribution in [2.75, 3.05) is 0 Å². The van der Waals surface area contributed by atoms with Gasteiger partial charge in [-0.25, -0.2) is 9.67 Å². The average Bonchev–Trinajstić information content (AvgIpc) is 3.10. The highest BCUT2D eigenvalue weighted by atomic mass is 15.3. The first-order valence-corrected chi connectivity index (χ1v) is 6.72. The van der Waals surface area contributed by atoms with Gasteiger partial charge in [0.2, 0.25) is 0 Å². The number of hydrogen-bond acceptors (Lipinski definition) is 3. The van der Waals surface area contributed by atoms with Crippen LogP contribution in [-0.4, -0.2) is 14.8 Å². The summed E-state index contributed by atoms with van der Waals surface area (Å²) in [6, 6.07) is 17.3. The molecule has 0 saturated carbocycles. The normalized spacial score (nSPS) is 11.4. The molecular weight excluding hydrogens is 272 g/mol. The van der Waals surface area contributed by atoms with Crippen molar-refractivity contribution >= 4 is 0 Å². The lowest BCUT2D eigenvalue weighted by Gasteiger charge is -2.18. The highest BCUT2D eigenvalue weighted by molar-refractivity contribution is 5.40. The smallest absolute Gasteiger partial charge is 0.137 e. The summed E-state index contributed by atoms with van der Waals surface area (Å²) < 4.78 is 1.78. The summed E-state index contributed by atoms with van der Waals surface area (Å²) in [6.07, 6.45) is 8.59. The molecule has 22 heavy (non-hydrogen) atoms. The highest BCUT2D eigenvalue weighted by Crippen LogP contribution is 2.26. The molecule has 1 aromatic heterocycles. The maximum Gasteiger partial charge on any atom is 0.137 e. The van der Waals surface area contributed by atoms with Gasteiger partial charge in [0.05, 0.1) is 11.6 Å². The monoisotopic (exact) mass is 284 g/mol. The van der Waals surface area contributed by atoms with Crippen LogP contribution in [0.4, 0.5) is 0 Å². The number of rotatable bonds is 3. The Morgan fingerprint density at radius 2 is 1.55 bits per heavy atom. The van der Waals surface area contributed by atoms with E-state index in [-0.39, 0.29) is 6.04 Å². The van der Waals surface area contributed by atoms with Crippen LogP contribution in [0.2, 0.25) is 0 Å². The minimum absolute atomic E-state index is 0.109. The fraction of sp³-hybridized carbons (Fsp3) is 0.0556. The zero-order valence-electron chi connectivity index (χ0n) is 11.7. The number of nitriles is 1. The molecule has 0 N–H and O–H groups in total. The van der Waals surface area contributed by atoms with Crippen molar-refractivity contribution in [3.63, 3.8) is 0 Å². The molecule has 3 rings (SSSR count). The summed E-state index contributed by atoms with van der Waals surface area (Å²) in [4.78, 5) is 4.03. The SMILES string of the molecule is C#Cc1ccc(C(c2ccc(C#N)cc2)n2cncn2)cc1. The standard InChI is InChI=1S/C18H12N4/c1-2-14-3-7-16(8-4-14)18(22-13-20-12-21-22)17-9-5-15(11-19)6-10-17/h1,3-10,12-13,18H. The van der Waals surface area contributed by atoms with Gasteiger partial charge in [-0.3, -0.25) is 0 Å². The van der Waals surface area contributed by atoms with E-state index in [4.69, 9.17) is 11.7 Å². The second-order valence-corrected chi connectivity index (χ2v) is 4.78. The van der Waals surface area contributed by atoms with Gasteiger partial charge in [-0.2, -0.15) is 10.4 Å². The number of benzene rings is 2. The van der Waals surface area contributed by atoms with E-state index in [2.05, 4.69) is 22.1 Å². The van der Waals surface area contributed by atoms with E-state index in [0.29, 0.717) is 5.56 Å². The van der Waals surface area contributed by atoms with Crippen molar-refractivity contribution in [2.45, 2.75) is 6.04 Å². The van der Waals surface area contributed by atoms with Crippen LogP contribution in [-0.2, 0) is 0 Å². The van der Waals surface area contributed by atoms with Crippen LogP contribution < -0.4 is 0 Å². The molecule has 0 saturated heterocycles. The summed E-state index contributed by atoms with van der Waals surface area (Å²) in [7, 11) is 0. The second kappa shape index (κ2) is 5.95. The molecule has 0 radical (unpaired) electrons. The first-order valence-electron chi connectivity index (χ1n) is 6.72. The molecule has 2 aromatic carbocycles. The molecule has 3 aromatic rings. The topological polar surface area (TPSA) is 54.5 Å². The third kappa shape index (κ3) is 2.59.